The zero-order valence-corrected chi connectivity index (χ0v) is 32.9. The Morgan fingerprint density at radius 2 is 0.700 bits per heavy atom. The van der Waals surface area contributed by atoms with Crippen molar-refractivity contribution in [2.45, 2.75) is 0 Å². The molecule has 60 heavy (non-hydrogen) atoms. The van der Waals surface area contributed by atoms with Crippen LogP contribution >= 0.6 is 0 Å². The molecule has 0 radical (unpaired) electrons. The van der Waals surface area contributed by atoms with Crippen LogP contribution < -0.4 is 4.90 Å². The normalized spacial score (nSPS) is 11.3. The lowest BCUT2D eigenvalue weighted by atomic mass is 9.97. The molecule has 1 aromatic heterocycles. The molecule has 0 fully saturated rings. The molecule has 2 heteroatoms. The highest BCUT2D eigenvalue weighted by molar-refractivity contribution is 6.12. The average molecular weight is 766 g/mol. The van der Waals surface area contributed by atoms with Gasteiger partial charge in [0.15, 0.2) is 0 Å². The number of hydrogen-bond donors (Lipinski definition) is 0. The number of para-hydroxylation sites is 1. The van der Waals surface area contributed by atoms with Gasteiger partial charge in [0.05, 0.1) is 0 Å². The molecule has 0 atom stereocenters. The lowest BCUT2D eigenvalue weighted by Crippen LogP contribution is -2.09. The number of hydrogen-bond acceptors (Lipinski definition) is 2. The zero-order valence-electron chi connectivity index (χ0n) is 32.9. The average Bonchev–Trinajstić information content (AvgIpc) is 3.72. The molecular weight excluding hydrogens is 727 g/mol. The maximum atomic E-state index is 6.24. The van der Waals surface area contributed by atoms with E-state index in [4.69, 9.17) is 4.42 Å². The maximum absolute atomic E-state index is 6.24. The highest BCUT2D eigenvalue weighted by Gasteiger charge is 2.16. The summed E-state index contributed by atoms with van der Waals surface area (Å²) in [5.41, 5.74) is 16.9. The number of anilines is 3. The van der Waals surface area contributed by atoms with Gasteiger partial charge in [-0.05, 0) is 127 Å². The van der Waals surface area contributed by atoms with Crippen LogP contribution in [-0.2, 0) is 0 Å². The molecule has 0 N–H and O–H groups in total. The quantitative estimate of drug-likeness (QED) is 0.153. The second-order valence-electron chi connectivity index (χ2n) is 15.3. The Kier molecular flexibility index (Phi) is 8.87. The first kappa shape index (κ1) is 35.2. The topological polar surface area (TPSA) is 16.4 Å². The van der Waals surface area contributed by atoms with E-state index in [1.165, 1.54) is 55.3 Å². The van der Waals surface area contributed by atoms with E-state index < -0.39 is 0 Å². The summed E-state index contributed by atoms with van der Waals surface area (Å²) in [4.78, 5) is 2.34. The second kappa shape index (κ2) is 15.1. The van der Waals surface area contributed by atoms with Crippen molar-refractivity contribution in [2.75, 3.05) is 4.90 Å². The third-order valence-corrected chi connectivity index (χ3v) is 11.7. The standard InChI is InChI=1S/C58H39NO/c1-2-10-40(11-3-1)42-20-22-43(23-21-42)44-26-32-51(33-27-44)59(53-36-30-46(31-37-53)54-17-9-19-57-58(54)55-16-6-7-18-56(55)60-57)52-34-28-45(29-35-52)48-14-8-15-49(38-48)50-25-24-41-12-4-5-13-47(41)39-50/h1-39H. The minimum atomic E-state index is 0.900. The molecule has 0 saturated heterocycles. The highest BCUT2D eigenvalue weighted by atomic mass is 16.3. The third kappa shape index (κ3) is 6.61. The lowest BCUT2D eigenvalue weighted by molar-refractivity contribution is 0.669. The van der Waals surface area contributed by atoms with Gasteiger partial charge in [-0.15, -0.1) is 0 Å². The first-order chi connectivity index (χ1) is 29.7. The Labute approximate surface area is 349 Å². The third-order valence-electron chi connectivity index (χ3n) is 11.7. The summed E-state index contributed by atoms with van der Waals surface area (Å²) >= 11 is 0. The van der Waals surface area contributed by atoms with E-state index in [1.807, 2.05) is 12.1 Å². The van der Waals surface area contributed by atoms with Crippen molar-refractivity contribution in [2.24, 2.45) is 0 Å². The van der Waals surface area contributed by atoms with Gasteiger partial charge in [-0.3, -0.25) is 0 Å². The van der Waals surface area contributed by atoms with Crippen LogP contribution in [0.1, 0.15) is 0 Å². The van der Waals surface area contributed by atoms with Gasteiger partial charge in [-0.1, -0.05) is 176 Å². The van der Waals surface area contributed by atoms with E-state index in [9.17, 15) is 0 Å². The van der Waals surface area contributed by atoms with Crippen LogP contribution in [0.15, 0.2) is 241 Å². The van der Waals surface area contributed by atoms with Gasteiger partial charge in [0.25, 0.3) is 0 Å². The van der Waals surface area contributed by atoms with Gasteiger partial charge in [-0.2, -0.15) is 0 Å². The van der Waals surface area contributed by atoms with Gasteiger partial charge in [0, 0.05) is 27.8 Å². The van der Waals surface area contributed by atoms with E-state index >= 15 is 0 Å². The summed E-state index contributed by atoms with van der Waals surface area (Å²) in [5, 5.41) is 4.78. The Bertz CT molecular complexity index is 3270. The molecule has 1 heterocycles. The van der Waals surface area contributed by atoms with Crippen LogP contribution in [0.25, 0.3) is 88.3 Å². The molecular formula is C58H39NO. The number of furan rings is 1. The van der Waals surface area contributed by atoms with Crippen LogP contribution in [0.2, 0.25) is 0 Å². The molecule has 0 unspecified atom stereocenters. The van der Waals surface area contributed by atoms with Crippen molar-refractivity contribution in [3.8, 4) is 55.6 Å². The van der Waals surface area contributed by atoms with Gasteiger partial charge in [0.1, 0.15) is 11.2 Å². The summed E-state index contributed by atoms with van der Waals surface area (Å²) in [7, 11) is 0. The molecule has 0 aliphatic heterocycles. The van der Waals surface area contributed by atoms with Crippen molar-refractivity contribution >= 4 is 49.8 Å². The van der Waals surface area contributed by atoms with Gasteiger partial charge in [0.2, 0.25) is 0 Å². The van der Waals surface area contributed by atoms with Gasteiger partial charge in [-0.25, -0.2) is 0 Å². The molecule has 11 aromatic rings. The highest BCUT2D eigenvalue weighted by Crippen LogP contribution is 2.41. The fraction of sp³-hybridized carbons (Fsp3) is 0. The van der Waals surface area contributed by atoms with Crippen LogP contribution in [-0.4, -0.2) is 0 Å². The van der Waals surface area contributed by atoms with E-state index in [1.54, 1.807) is 0 Å². The molecule has 10 aromatic carbocycles. The van der Waals surface area contributed by atoms with E-state index in [0.29, 0.717) is 0 Å². The molecule has 282 valence electrons. The molecule has 0 aliphatic rings. The van der Waals surface area contributed by atoms with E-state index in [0.717, 1.165) is 50.1 Å². The molecule has 2 nitrogen and oxygen atoms in total. The smallest absolute Gasteiger partial charge is 0.136 e. The van der Waals surface area contributed by atoms with Crippen molar-refractivity contribution in [1.82, 2.24) is 0 Å². The van der Waals surface area contributed by atoms with E-state index in [2.05, 4.69) is 229 Å². The minimum absolute atomic E-state index is 0.900. The zero-order chi connectivity index (χ0) is 39.8. The SMILES string of the molecule is c1ccc(-c2ccc(-c3ccc(N(c4ccc(-c5cccc(-c6ccc7ccccc7c6)c5)cc4)c4ccc(-c5cccc6oc7ccccc7c56)cc4)cc3)cc2)cc1. The van der Waals surface area contributed by atoms with E-state index in [-0.39, 0.29) is 0 Å². The van der Waals surface area contributed by atoms with Crippen molar-refractivity contribution in [3.05, 3.63) is 237 Å². The molecule has 11 rings (SSSR count). The van der Waals surface area contributed by atoms with Crippen molar-refractivity contribution in [3.63, 3.8) is 0 Å². The van der Waals surface area contributed by atoms with Crippen LogP contribution in [0.3, 0.4) is 0 Å². The van der Waals surface area contributed by atoms with Crippen molar-refractivity contribution < 1.29 is 4.42 Å². The number of fused-ring (bicyclic) bond motifs is 4. The van der Waals surface area contributed by atoms with Crippen LogP contribution in [0, 0.1) is 0 Å². The Morgan fingerprint density at radius 1 is 0.267 bits per heavy atom. The Hall–Kier alpha value is -7.94. The van der Waals surface area contributed by atoms with Gasteiger partial charge < -0.3 is 9.32 Å². The summed E-state index contributed by atoms with van der Waals surface area (Å²) in [5.74, 6) is 0. The Balaban J connectivity index is 0.945. The van der Waals surface area contributed by atoms with Gasteiger partial charge >= 0.3 is 0 Å². The lowest BCUT2D eigenvalue weighted by Gasteiger charge is -2.26. The van der Waals surface area contributed by atoms with Crippen molar-refractivity contribution in [1.29, 1.82) is 0 Å². The predicted octanol–water partition coefficient (Wildman–Crippen LogP) is 16.5. The monoisotopic (exact) mass is 765 g/mol. The summed E-state index contributed by atoms with van der Waals surface area (Å²) < 4.78 is 6.24. The number of rotatable bonds is 8. The molecule has 0 aliphatic carbocycles. The second-order valence-corrected chi connectivity index (χ2v) is 15.3. The minimum Gasteiger partial charge on any atom is -0.456 e. The molecule has 0 spiro atoms. The molecule has 0 amide bonds. The number of nitrogens with zero attached hydrogens (tertiary/aromatic N) is 1. The Morgan fingerprint density at radius 3 is 1.37 bits per heavy atom. The first-order valence-corrected chi connectivity index (χ1v) is 20.5. The number of benzene rings is 10. The summed E-state index contributed by atoms with van der Waals surface area (Å²) in [6.07, 6.45) is 0. The fourth-order valence-corrected chi connectivity index (χ4v) is 8.59. The molecule has 0 saturated carbocycles. The van der Waals surface area contributed by atoms with Crippen LogP contribution in [0.5, 0.6) is 0 Å². The maximum Gasteiger partial charge on any atom is 0.136 e. The summed E-state index contributed by atoms with van der Waals surface area (Å²) in [6, 6.07) is 84.9. The summed E-state index contributed by atoms with van der Waals surface area (Å²) in [6.45, 7) is 0. The fourth-order valence-electron chi connectivity index (χ4n) is 8.59. The predicted molar refractivity (Wildman–Crippen MR) is 253 cm³/mol. The molecule has 0 bridgehead atoms. The largest absolute Gasteiger partial charge is 0.456 e. The first-order valence-electron chi connectivity index (χ1n) is 20.5. The van der Waals surface area contributed by atoms with Crippen LogP contribution in [0.4, 0.5) is 17.1 Å².